The molecule has 0 aromatic rings. The van der Waals surface area contributed by atoms with Crippen LogP contribution in [0.1, 0.15) is 0 Å². The number of carbonyl (C=O) groups is 1. The standard InChI is InChI=1S/C9H16N2O2/c1-3-9(12)10-6-8-7-11(2)4-5-13-8/h3,8H,1,4-7H2,2H3,(H,10,12). The first-order valence-electron chi connectivity index (χ1n) is 4.43. The molecule has 1 unspecified atom stereocenters. The number of likely N-dealkylation sites (N-methyl/N-ethyl adjacent to an activating group) is 1. The highest BCUT2D eigenvalue weighted by Crippen LogP contribution is 2.01. The average molecular weight is 184 g/mol. The molecule has 1 aliphatic heterocycles. The van der Waals surface area contributed by atoms with Gasteiger partial charge in [-0.1, -0.05) is 6.58 Å². The molecule has 0 aromatic carbocycles. The van der Waals surface area contributed by atoms with Crippen LogP contribution >= 0.6 is 0 Å². The van der Waals surface area contributed by atoms with Crippen LogP contribution in [0.5, 0.6) is 0 Å². The molecule has 0 spiro atoms. The molecule has 0 saturated carbocycles. The van der Waals surface area contributed by atoms with Crippen LogP contribution in [-0.4, -0.2) is 50.2 Å². The van der Waals surface area contributed by atoms with Gasteiger partial charge in [-0.2, -0.15) is 0 Å². The molecule has 1 atom stereocenters. The third-order valence-electron chi connectivity index (χ3n) is 2.03. The van der Waals surface area contributed by atoms with Gasteiger partial charge in [-0.3, -0.25) is 4.79 Å². The average Bonchev–Trinajstić information content (AvgIpc) is 2.14. The summed E-state index contributed by atoms with van der Waals surface area (Å²) in [6, 6.07) is 0. The molecule has 1 saturated heterocycles. The summed E-state index contributed by atoms with van der Waals surface area (Å²) in [6.07, 6.45) is 1.38. The topological polar surface area (TPSA) is 41.6 Å². The predicted octanol–water partition coefficient (Wildman–Crippen LogP) is -0.381. The number of carbonyl (C=O) groups excluding carboxylic acids is 1. The summed E-state index contributed by atoms with van der Waals surface area (Å²) in [7, 11) is 2.05. The number of rotatable bonds is 3. The predicted molar refractivity (Wildman–Crippen MR) is 50.4 cm³/mol. The summed E-state index contributed by atoms with van der Waals surface area (Å²) >= 11 is 0. The molecule has 0 aliphatic carbocycles. The SMILES string of the molecule is C=CC(=O)NCC1CN(C)CCO1. The fourth-order valence-electron chi connectivity index (χ4n) is 1.28. The van der Waals surface area contributed by atoms with Gasteiger partial charge in [0, 0.05) is 19.6 Å². The van der Waals surface area contributed by atoms with E-state index in [-0.39, 0.29) is 12.0 Å². The van der Waals surface area contributed by atoms with Crippen molar-refractivity contribution < 1.29 is 9.53 Å². The monoisotopic (exact) mass is 184 g/mol. The summed E-state index contributed by atoms with van der Waals surface area (Å²) in [4.78, 5) is 13.0. The van der Waals surface area contributed by atoms with Crippen LogP contribution in [0, 0.1) is 0 Å². The van der Waals surface area contributed by atoms with Crippen molar-refractivity contribution in [3.8, 4) is 0 Å². The number of nitrogens with zero attached hydrogens (tertiary/aromatic N) is 1. The molecule has 1 fully saturated rings. The number of ether oxygens (including phenoxy) is 1. The molecule has 4 heteroatoms. The van der Waals surface area contributed by atoms with E-state index in [9.17, 15) is 4.79 Å². The van der Waals surface area contributed by atoms with Crippen LogP contribution in [0.4, 0.5) is 0 Å². The van der Waals surface area contributed by atoms with Crippen LogP contribution in [0.3, 0.4) is 0 Å². The number of hydrogen-bond acceptors (Lipinski definition) is 3. The highest BCUT2D eigenvalue weighted by Gasteiger charge is 2.17. The molecule has 1 amide bonds. The minimum Gasteiger partial charge on any atom is -0.374 e. The van der Waals surface area contributed by atoms with Crippen LogP contribution < -0.4 is 5.32 Å². The van der Waals surface area contributed by atoms with E-state index in [1.807, 2.05) is 7.05 Å². The molecule has 0 aromatic heterocycles. The Bertz CT molecular complexity index is 194. The van der Waals surface area contributed by atoms with Gasteiger partial charge in [-0.05, 0) is 13.1 Å². The molecule has 13 heavy (non-hydrogen) atoms. The third kappa shape index (κ3) is 3.57. The molecule has 74 valence electrons. The Balaban J connectivity index is 2.20. The molecule has 4 nitrogen and oxygen atoms in total. The molecule has 1 aliphatic rings. The van der Waals surface area contributed by atoms with E-state index in [0.717, 1.165) is 19.7 Å². The van der Waals surface area contributed by atoms with Gasteiger partial charge in [0.1, 0.15) is 0 Å². The van der Waals surface area contributed by atoms with Crippen molar-refractivity contribution in [1.29, 1.82) is 0 Å². The van der Waals surface area contributed by atoms with E-state index in [0.29, 0.717) is 6.54 Å². The maximum atomic E-state index is 10.8. The number of nitrogens with one attached hydrogen (secondary N) is 1. The van der Waals surface area contributed by atoms with Crippen LogP contribution in [0.25, 0.3) is 0 Å². The van der Waals surface area contributed by atoms with Crippen LogP contribution in [-0.2, 0) is 9.53 Å². The molecule has 1 rings (SSSR count). The fourth-order valence-corrected chi connectivity index (χ4v) is 1.28. The molecule has 1 N–H and O–H groups in total. The summed E-state index contributed by atoms with van der Waals surface area (Å²) in [5.41, 5.74) is 0. The highest BCUT2D eigenvalue weighted by molar-refractivity contribution is 5.86. The van der Waals surface area contributed by atoms with Gasteiger partial charge in [0.15, 0.2) is 0 Å². The van der Waals surface area contributed by atoms with Crippen molar-refractivity contribution in [2.24, 2.45) is 0 Å². The van der Waals surface area contributed by atoms with E-state index in [1.54, 1.807) is 0 Å². The van der Waals surface area contributed by atoms with Crippen molar-refractivity contribution in [3.63, 3.8) is 0 Å². The molecule has 0 radical (unpaired) electrons. The first-order chi connectivity index (χ1) is 6.22. The quantitative estimate of drug-likeness (QED) is 0.608. The van der Waals surface area contributed by atoms with Gasteiger partial charge >= 0.3 is 0 Å². The minimum atomic E-state index is -0.142. The summed E-state index contributed by atoms with van der Waals surface area (Å²) < 4.78 is 5.45. The lowest BCUT2D eigenvalue weighted by atomic mass is 10.3. The normalized spacial score (nSPS) is 23.9. The van der Waals surface area contributed by atoms with E-state index in [2.05, 4.69) is 16.8 Å². The lowest BCUT2D eigenvalue weighted by molar-refractivity contribution is -0.117. The summed E-state index contributed by atoms with van der Waals surface area (Å²) in [6.45, 7) is 6.52. The molecule has 0 bridgehead atoms. The number of morpholine rings is 1. The fraction of sp³-hybridized carbons (Fsp3) is 0.667. The number of hydrogen-bond donors (Lipinski definition) is 1. The maximum Gasteiger partial charge on any atom is 0.243 e. The second-order valence-electron chi connectivity index (χ2n) is 3.20. The van der Waals surface area contributed by atoms with Crippen molar-refractivity contribution in [2.45, 2.75) is 6.10 Å². The van der Waals surface area contributed by atoms with Crippen LogP contribution in [0.15, 0.2) is 12.7 Å². The van der Waals surface area contributed by atoms with Crippen LogP contribution in [0.2, 0.25) is 0 Å². The smallest absolute Gasteiger partial charge is 0.243 e. The zero-order valence-corrected chi connectivity index (χ0v) is 7.95. The Kier molecular flexibility index (Phi) is 3.92. The molecular formula is C9H16N2O2. The second-order valence-corrected chi connectivity index (χ2v) is 3.20. The second kappa shape index (κ2) is 4.99. The van der Waals surface area contributed by atoms with Gasteiger partial charge in [-0.25, -0.2) is 0 Å². The first kappa shape index (κ1) is 10.2. The van der Waals surface area contributed by atoms with Crippen molar-refractivity contribution in [3.05, 3.63) is 12.7 Å². The van der Waals surface area contributed by atoms with E-state index < -0.39 is 0 Å². The van der Waals surface area contributed by atoms with Gasteiger partial charge in [0.2, 0.25) is 5.91 Å². The molecule has 1 heterocycles. The minimum absolute atomic E-state index is 0.114. The Morgan fingerprint density at radius 2 is 2.62 bits per heavy atom. The lowest BCUT2D eigenvalue weighted by Gasteiger charge is -2.29. The van der Waals surface area contributed by atoms with Crippen molar-refractivity contribution in [2.75, 3.05) is 33.3 Å². The Morgan fingerprint density at radius 3 is 3.23 bits per heavy atom. The van der Waals surface area contributed by atoms with E-state index in [1.165, 1.54) is 6.08 Å². The van der Waals surface area contributed by atoms with Gasteiger partial charge in [0.05, 0.1) is 12.7 Å². The van der Waals surface area contributed by atoms with Crippen molar-refractivity contribution >= 4 is 5.91 Å². The summed E-state index contributed by atoms with van der Waals surface area (Å²) in [5.74, 6) is -0.142. The first-order valence-corrected chi connectivity index (χ1v) is 4.43. The largest absolute Gasteiger partial charge is 0.374 e. The van der Waals surface area contributed by atoms with E-state index in [4.69, 9.17) is 4.74 Å². The zero-order chi connectivity index (χ0) is 9.68. The van der Waals surface area contributed by atoms with E-state index >= 15 is 0 Å². The number of amides is 1. The molecular weight excluding hydrogens is 168 g/mol. The van der Waals surface area contributed by atoms with Crippen molar-refractivity contribution in [1.82, 2.24) is 10.2 Å². The van der Waals surface area contributed by atoms with Gasteiger partial charge in [-0.15, -0.1) is 0 Å². The van der Waals surface area contributed by atoms with Gasteiger partial charge in [0.25, 0.3) is 0 Å². The Hall–Kier alpha value is -0.870. The highest BCUT2D eigenvalue weighted by atomic mass is 16.5. The zero-order valence-electron chi connectivity index (χ0n) is 7.95. The lowest BCUT2D eigenvalue weighted by Crippen LogP contribution is -2.45. The Labute approximate surface area is 78.5 Å². The Morgan fingerprint density at radius 1 is 1.85 bits per heavy atom. The van der Waals surface area contributed by atoms with Gasteiger partial charge < -0.3 is 15.0 Å². The third-order valence-corrected chi connectivity index (χ3v) is 2.03. The summed E-state index contributed by atoms with van der Waals surface area (Å²) in [5, 5.41) is 2.71. The maximum absolute atomic E-state index is 10.8.